The van der Waals surface area contributed by atoms with Crippen LogP contribution < -0.4 is 0 Å². The summed E-state index contributed by atoms with van der Waals surface area (Å²) in [6.07, 6.45) is 3.44. The van der Waals surface area contributed by atoms with E-state index in [-0.39, 0.29) is 24.6 Å². The first-order valence-electron chi connectivity index (χ1n) is 7.94. The van der Waals surface area contributed by atoms with Crippen molar-refractivity contribution in [1.29, 1.82) is 0 Å². The van der Waals surface area contributed by atoms with Crippen LogP contribution in [0.25, 0.3) is 0 Å². The van der Waals surface area contributed by atoms with Crippen molar-refractivity contribution in [3.63, 3.8) is 0 Å². The average molecular weight is 335 g/mol. The number of hydrogen-bond donors (Lipinski definition) is 1. The average Bonchev–Trinajstić information content (AvgIpc) is 2.65. The van der Waals surface area contributed by atoms with Crippen LogP contribution in [0.15, 0.2) is 12.4 Å². The van der Waals surface area contributed by atoms with Crippen molar-refractivity contribution in [2.24, 2.45) is 0 Å². The highest BCUT2D eigenvalue weighted by Crippen LogP contribution is 2.24. The molecule has 1 unspecified atom stereocenters. The number of aromatic nitrogens is 1. The van der Waals surface area contributed by atoms with Gasteiger partial charge in [-0.1, -0.05) is 0 Å². The predicted molar refractivity (Wildman–Crippen MR) is 83.5 cm³/mol. The molecule has 0 saturated carbocycles. The number of carbonyl (C=O) groups excluding carboxylic acids is 2. The van der Waals surface area contributed by atoms with Crippen LogP contribution in [0.4, 0.5) is 4.79 Å². The number of methoxy groups -OCH3 is 1. The van der Waals surface area contributed by atoms with Gasteiger partial charge >= 0.3 is 6.09 Å². The number of hydrogen-bond acceptors (Lipinski definition) is 6. The van der Waals surface area contributed by atoms with Crippen molar-refractivity contribution in [1.82, 2.24) is 14.8 Å². The molecular weight excluding hydrogens is 314 g/mol. The number of aliphatic hydroxyl groups excluding tert-OH is 1. The highest BCUT2D eigenvalue weighted by atomic mass is 16.5. The van der Waals surface area contributed by atoms with Gasteiger partial charge in [-0.2, -0.15) is 0 Å². The number of ether oxygens (including phenoxy) is 2. The number of morpholine rings is 1. The van der Waals surface area contributed by atoms with Gasteiger partial charge in [-0.15, -0.1) is 0 Å². The molecule has 1 aromatic heterocycles. The zero-order chi connectivity index (χ0) is 17.1. The lowest BCUT2D eigenvalue weighted by atomic mass is 9.96. The Balaban J connectivity index is 1.85. The predicted octanol–water partition coefficient (Wildman–Crippen LogP) is 0.0394. The van der Waals surface area contributed by atoms with Gasteiger partial charge in [0.1, 0.15) is 0 Å². The zero-order valence-corrected chi connectivity index (χ0v) is 13.6. The molecule has 1 atom stereocenters. The Morgan fingerprint density at radius 3 is 3.00 bits per heavy atom. The minimum atomic E-state index is -0.383. The summed E-state index contributed by atoms with van der Waals surface area (Å²) in [4.78, 5) is 32.0. The molecule has 0 spiro atoms. The molecule has 24 heavy (non-hydrogen) atoms. The van der Waals surface area contributed by atoms with Crippen molar-refractivity contribution in [2.75, 3.05) is 40.0 Å². The first-order chi connectivity index (χ1) is 11.7. The number of pyridine rings is 1. The van der Waals surface area contributed by atoms with Crippen LogP contribution in [0.5, 0.6) is 0 Å². The Bertz CT molecular complexity index is 636. The van der Waals surface area contributed by atoms with E-state index in [2.05, 4.69) is 4.98 Å². The van der Waals surface area contributed by atoms with E-state index in [9.17, 15) is 14.7 Å². The summed E-state index contributed by atoms with van der Waals surface area (Å²) in [5, 5.41) is 9.47. The fourth-order valence-corrected chi connectivity index (χ4v) is 3.19. The maximum Gasteiger partial charge on any atom is 0.409 e. The summed E-state index contributed by atoms with van der Waals surface area (Å²) < 4.78 is 10.1. The van der Waals surface area contributed by atoms with Crippen LogP contribution in [-0.4, -0.2) is 78.0 Å². The Morgan fingerprint density at radius 2 is 2.25 bits per heavy atom. The van der Waals surface area contributed by atoms with Crippen LogP contribution in [0.3, 0.4) is 0 Å². The van der Waals surface area contributed by atoms with E-state index >= 15 is 0 Å². The minimum Gasteiger partial charge on any atom is -0.453 e. The number of carbonyl (C=O) groups is 2. The lowest BCUT2D eigenvalue weighted by Crippen LogP contribution is -2.51. The second-order valence-corrected chi connectivity index (χ2v) is 5.88. The topological polar surface area (TPSA) is 92.2 Å². The van der Waals surface area contributed by atoms with Crippen LogP contribution in [0.1, 0.15) is 21.5 Å². The van der Waals surface area contributed by atoms with E-state index in [0.717, 1.165) is 11.1 Å². The van der Waals surface area contributed by atoms with Gasteiger partial charge in [0.15, 0.2) is 0 Å². The molecule has 3 heterocycles. The second-order valence-electron chi connectivity index (χ2n) is 5.88. The van der Waals surface area contributed by atoms with Crippen LogP contribution in [0.2, 0.25) is 0 Å². The molecule has 2 aliphatic heterocycles. The summed E-state index contributed by atoms with van der Waals surface area (Å²) in [6.45, 7) is 1.98. The number of rotatable bonds is 2. The molecule has 130 valence electrons. The lowest BCUT2D eigenvalue weighted by molar-refractivity contribution is -0.0184. The molecule has 1 saturated heterocycles. The third-order valence-corrected chi connectivity index (χ3v) is 4.50. The molecule has 2 amide bonds. The maximum absolute atomic E-state index is 12.9. The SMILES string of the molecule is COC(=O)N1CCc2c(cncc2C(=O)N2CCOCC2CO)C1. The van der Waals surface area contributed by atoms with Gasteiger partial charge < -0.3 is 24.4 Å². The molecule has 8 nitrogen and oxygen atoms in total. The third-order valence-electron chi connectivity index (χ3n) is 4.50. The Labute approximate surface area is 140 Å². The summed E-state index contributed by atoms with van der Waals surface area (Å²) in [7, 11) is 1.35. The highest BCUT2D eigenvalue weighted by Gasteiger charge is 2.31. The highest BCUT2D eigenvalue weighted by molar-refractivity contribution is 5.96. The van der Waals surface area contributed by atoms with E-state index in [1.807, 2.05) is 0 Å². The number of amides is 2. The Morgan fingerprint density at radius 1 is 1.42 bits per heavy atom. The molecular formula is C16H21N3O5. The first kappa shape index (κ1) is 16.7. The number of aliphatic hydroxyl groups is 1. The van der Waals surface area contributed by atoms with Gasteiger partial charge in [-0.05, 0) is 17.5 Å². The second kappa shape index (κ2) is 7.14. The molecule has 1 N–H and O–H groups in total. The largest absolute Gasteiger partial charge is 0.453 e. The molecule has 3 rings (SSSR count). The van der Waals surface area contributed by atoms with E-state index in [1.54, 1.807) is 22.2 Å². The van der Waals surface area contributed by atoms with E-state index in [0.29, 0.717) is 44.8 Å². The molecule has 0 aromatic carbocycles. The molecule has 1 aromatic rings. The normalized spacial score (nSPS) is 20.5. The van der Waals surface area contributed by atoms with Crippen LogP contribution in [-0.2, 0) is 22.4 Å². The fourth-order valence-electron chi connectivity index (χ4n) is 3.19. The van der Waals surface area contributed by atoms with E-state index in [1.165, 1.54) is 7.11 Å². The van der Waals surface area contributed by atoms with Gasteiger partial charge in [0.2, 0.25) is 0 Å². The summed E-state index contributed by atoms with van der Waals surface area (Å²) in [5.74, 6) is -0.145. The van der Waals surface area contributed by atoms with Crippen molar-refractivity contribution in [3.05, 3.63) is 29.1 Å². The van der Waals surface area contributed by atoms with E-state index in [4.69, 9.17) is 9.47 Å². The molecule has 8 heteroatoms. The number of nitrogens with zero attached hydrogens (tertiary/aromatic N) is 3. The molecule has 0 bridgehead atoms. The Hall–Kier alpha value is -2.19. The summed E-state index contributed by atoms with van der Waals surface area (Å²) >= 11 is 0. The number of fused-ring (bicyclic) bond motifs is 1. The van der Waals surface area contributed by atoms with Crippen molar-refractivity contribution < 1.29 is 24.2 Å². The summed E-state index contributed by atoms with van der Waals surface area (Å²) in [6, 6.07) is -0.336. The molecule has 0 aliphatic carbocycles. The van der Waals surface area contributed by atoms with Gasteiger partial charge in [-0.25, -0.2) is 4.79 Å². The smallest absolute Gasteiger partial charge is 0.409 e. The van der Waals surface area contributed by atoms with Crippen molar-refractivity contribution in [2.45, 2.75) is 19.0 Å². The molecule has 1 fully saturated rings. The minimum absolute atomic E-state index is 0.135. The lowest BCUT2D eigenvalue weighted by Gasteiger charge is -2.35. The molecule has 0 radical (unpaired) electrons. The van der Waals surface area contributed by atoms with E-state index < -0.39 is 0 Å². The summed E-state index contributed by atoms with van der Waals surface area (Å²) in [5.41, 5.74) is 2.31. The standard InChI is InChI=1S/C16H21N3O5/c1-23-16(22)18-3-2-13-11(8-18)6-17-7-14(13)15(21)19-4-5-24-10-12(19)9-20/h6-7,12,20H,2-5,8-10H2,1H3. The van der Waals surface area contributed by atoms with Gasteiger partial charge in [-0.3, -0.25) is 9.78 Å². The maximum atomic E-state index is 12.9. The monoisotopic (exact) mass is 335 g/mol. The zero-order valence-electron chi connectivity index (χ0n) is 13.6. The van der Waals surface area contributed by atoms with Gasteiger partial charge in [0.25, 0.3) is 5.91 Å². The quantitative estimate of drug-likeness (QED) is 0.820. The van der Waals surface area contributed by atoms with Gasteiger partial charge in [0, 0.05) is 25.5 Å². The Kier molecular flexibility index (Phi) is 4.96. The van der Waals surface area contributed by atoms with Crippen LogP contribution in [0, 0.1) is 0 Å². The third kappa shape index (κ3) is 3.07. The van der Waals surface area contributed by atoms with Crippen molar-refractivity contribution in [3.8, 4) is 0 Å². The molecule has 2 aliphatic rings. The van der Waals surface area contributed by atoms with Gasteiger partial charge in [0.05, 0.1) is 45.1 Å². The van der Waals surface area contributed by atoms with Crippen molar-refractivity contribution >= 4 is 12.0 Å². The first-order valence-corrected chi connectivity index (χ1v) is 7.94. The fraction of sp³-hybridized carbons (Fsp3) is 0.562. The van der Waals surface area contributed by atoms with Crippen LogP contribution >= 0.6 is 0 Å².